The van der Waals surface area contributed by atoms with Gasteiger partial charge in [0.1, 0.15) is 0 Å². The number of nitrogens with one attached hydrogen (secondary N) is 1. The summed E-state index contributed by atoms with van der Waals surface area (Å²) < 4.78 is 36.9. The standard InChI is InChI=1S/C23H28N2O6S/c1-3-18-4-6-19(7-5-18)17(2)24-22(26)16-31-23(27)20-8-10-21(11-9-20)32(28,29)25-12-14-30-15-13-25/h4-11,17H,3,12-16H2,1-2H3,(H,24,26). The van der Waals surface area contributed by atoms with Crippen LogP contribution in [0.15, 0.2) is 53.4 Å². The summed E-state index contributed by atoms with van der Waals surface area (Å²) in [5.74, 6) is -1.12. The lowest BCUT2D eigenvalue weighted by atomic mass is 10.1. The minimum atomic E-state index is -3.64. The summed E-state index contributed by atoms with van der Waals surface area (Å²) in [6.07, 6.45) is 0.942. The number of ether oxygens (including phenoxy) is 2. The Kier molecular flexibility index (Phi) is 8.00. The SMILES string of the molecule is CCc1ccc(C(C)NC(=O)COC(=O)c2ccc(S(=O)(=O)N3CCOCC3)cc2)cc1. The highest BCUT2D eigenvalue weighted by atomic mass is 32.2. The van der Waals surface area contributed by atoms with Gasteiger partial charge < -0.3 is 14.8 Å². The molecule has 9 heteroatoms. The lowest BCUT2D eigenvalue weighted by Gasteiger charge is -2.26. The van der Waals surface area contributed by atoms with Gasteiger partial charge in [0.15, 0.2) is 6.61 Å². The molecule has 0 radical (unpaired) electrons. The van der Waals surface area contributed by atoms with E-state index >= 15 is 0 Å². The summed E-state index contributed by atoms with van der Waals surface area (Å²) in [4.78, 5) is 24.5. The predicted molar refractivity (Wildman–Crippen MR) is 119 cm³/mol. The van der Waals surface area contributed by atoms with Gasteiger partial charge in [-0.3, -0.25) is 4.79 Å². The van der Waals surface area contributed by atoms with Gasteiger partial charge in [-0.15, -0.1) is 0 Å². The number of carbonyl (C=O) groups is 2. The maximum absolute atomic E-state index is 12.6. The molecule has 1 aliphatic rings. The average Bonchev–Trinajstić information content (AvgIpc) is 2.83. The second-order valence-electron chi connectivity index (χ2n) is 7.50. The van der Waals surface area contributed by atoms with Crippen molar-refractivity contribution in [1.82, 2.24) is 9.62 Å². The second kappa shape index (κ2) is 10.7. The van der Waals surface area contributed by atoms with E-state index in [1.807, 2.05) is 31.2 Å². The molecule has 1 N–H and O–H groups in total. The number of hydrogen-bond donors (Lipinski definition) is 1. The Morgan fingerprint density at radius 3 is 2.28 bits per heavy atom. The first-order chi connectivity index (χ1) is 15.3. The van der Waals surface area contributed by atoms with E-state index in [1.54, 1.807) is 0 Å². The van der Waals surface area contributed by atoms with Crippen molar-refractivity contribution < 1.29 is 27.5 Å². The van der Waals surface area contributed by atoms with Gasteiger partial charge in [0.25, 0.3) is 5.91 Å². The largest absolute Gasteiger partial charge is 0.452 e. The van der Waals surface area contributed by atoms with Crippen LogP contribution in [0.1, 0.15) is 41.4 Å². The fourth-order valence-electron chi connectivity index (χ4n) is 3.32. The molecule has 0 aromatic heterocycles. The van der Waals surface area contributed by atoms with Crippen molar-refractivity contribution in [3.8, 4) is 0 Å². The average molecular weight is 461 g/mol. The highest BCUT2D eigenvalue weighted by Gasteiger charge is 2.26. The molecule has 1 fully saturated rings. The monoisotopic (exact) mass is 460 g/mol. The van der Waals surface area contributed by atoms with Crippen molar-refractivity contribution in [3.05, 3.63) is 65.2 Å². The molecule has 0 aliphatic carbocycles. The van der Waals surface area contributed by atoms with Crippen molar-refractivity contribution >= 4 is 21.9 Å². The smallest absolute Gasteiger partial charge is 0.338 e. The second-order valence-corrected chi connectivity index (χ2v) is 9.44. The van der Waals surface area contributed by atoms with Gasteiger partial charge in [0, 0.05) is 13.1 Å². The van der Waals surface area contributed by atoms with E-state index in [1.165, 1.54) is 34.1 Å². The summed E-state index contributed by atoms with van der Waals surface area (Å²) in [6.45, 7) is 4.80. The first-order valence-corrected chi connectivity index (χ1v) is 12.0. The number of aryl methyl sites for hydroxylation is 1. The van der Waals surface area contributed by atoms with Crippen LogP contribution in [0.4, 0.5) is 0 Å². The van der Waals surface area contributed by atoms with Crippen LogP contribution in [0.3, 0.4) is 0 Å². The Hall–Kier alpha value is -2.75. The van der Waals surface area contributed by atoms with Gasteiger partial charge in [-0.25, -0.2) is 13.2 Å². The topological polar surface area (TPSA) is 102 Å². The zero-order valence-corrected chi connectivity index (χ0v) is 19.1. The van der Waals surface area contributed by atoms with Gasteiger partial charge in [0.2, 0.25) is 10.0 Å². The Balaban J connectivity index is 1.52. The van der Waals surface area contributed by atoms with Crippen LogP contribution in [-0.4, -0.2) is 57.5 Å². The minimum Gasteiger partial charge on any atom is -0.452 e. The number of sulfonamides is 1. The van der Waals surface area contributed by atoms with Gasteiger partial charge in [-0.1, -0.05) is 31.2 Å². The van der Waals surface area contributed by atoms with E-state index in [-0.39, 0.29) is 16.5 Å². The van der Waals surface area contributed by atoms with Crippen molar-refractivity contribution in [2.24, 2.45) is 0 Å². The molecule has 1 heterocycles. The number of carbonyl (C=O) groups excluding carboxylic acids is 2. The van der Waals surface area contributed by atoms with Crippen LogP contribution in [0, 0.1) is 0 Å². The van der Waals surface area contributed by atoms with E-state index in [0.29, 0.717) is 26.3 Å². The fourth-order valence-corrected chi connectivity index (χ4v) is 4.73. The van der Waals surface area contributed by atoms with Crippen molar-refractivity contribution in [3.63, 3.8) is 0 Å². The van der Waals surface area contributed by atoms with Crippen LogP contribution in [0.5, 0.6) is 0 Å². The normalized spacial score (nSPS) is 15.7. The number of benzene rings is 2. The number of amides is 1. The van der Waals surface area contributed by atoms with Crippen LogP contribution < -0.4 is 5.32 Å². The Morgan fingerprint density at radius 2 is 1.69 bits per heavy atom. The minimum absolute atomic E-state index is 0.0941. The van der Waals surface area contributed by atoms with Gasteiger partial charge >= 0.3 is 5.97 Å². The van der Waals surface area contributed by atoms with E-state index < -0.39 is 28.5 Å². The molecule has 0 bridgehead atoms. The summed E-state index contributed by atoms with van der Waals surface area (Å²) in [7, 11) is -3.64. The van der Waals surface area contributed by atoms with Gasteiger partial charge in [-0.2, -0.15) is 4.31 Å². The van der Waals surface area contributed by atoms with Crippen molar-refractivity contribution in [2.45, 2.75) is 31.2 Å². The van der Waals surface area contributed by atoms with E-state index in [9.17, 15) is 18.0 Å². The third kappa shape index (κ3) is 5.93. The summed E-state index contributed by atoms with van der Waals surface area (Å²) in [5.41, 5.74) is 2.34. The Labute approximate surface area is 188 Å². The lowest BCUT2D eigenvalue weighted by Crippen LogP contribution is -2.40. The zero-order chi connectivity index (χ0) is 23.1. The fraction of sp³-hybridized carbons (Fsp3) is 0.391. The van der Waals surface area contributed by atoms with Crippen LogP contribution >= 0.6 is 0 Å². The molecule has 1 saturated heterocycles. The van der Waals surface area contributed by atoms with Crippen LogP contribution in [0.2, 0.25) is 0 Å². The Bertz CT molecular complexity index is 1030. The van der Waals surface area contributed by atoms with E-state index in [0.717, 1.165) is 12.0 Å². The van der Waals surface area contributed by atoms with Crippen LogP contribution in [0.25, 0.3) is 0 Å². The summed E-state index contributed by atoms with van der Waals surface area (Å²) in [6, 6.07) is 13.2. The summed E-state index contributed by atoms with van der Waals surface area (Å²) in [5, 5.41) is 2.79. The number of rotatable bonds is 8. The molecular formula is C23H28N2O6S. The number of nitrogens with zero attached hydrogens (tertiary/aromatic N) is 1. The maximum atomic E-state index is 12.6. The van der Waals surface area contributed by atoms with Gasteiger partial charge in [0.05, 0.1) is 29.7 Å². The first-order valence-electron chi connectivity index (χ1n) is 10.5. The molecular weight excluding hydrogens is 432 g/mol. The summed E-state index contributed by atoms with van der Waals surface area (Å²) >= 11 is 0. The highest BCUT2D eigenvalue weighted by Crippen LogP contribution is 2.18. The lowest BCUT2D eigenvalue weighted by molar-refractivity contribution is -0.124. The maximum Gasteiger partial charge on any atom is 0.338 e. The molecule has 2 aromatic rings. The highest BCUT2D eigenvalue weighted by molar-refractivity contribution is 7.89. The molecule has 32 heavy (non-hydrogen) atoms. The third-order valence-electron chi connectivity index (χ3n) is 5.30. The first kappa shape index (κ1) is 23.9. The molecule has 2 aromatic carbocycles. The predicted octanol–water partition coefficient (Wildman–Crippen LogP) is 2.30. The van der Waals surface area contributed by atoms with Crippen molar-refractivity contribution in [2.75, 3.05) is 32.9 Å². The van der Waals surface area contributed by atoms with E-state index in [2.05, 4.69) is 12.2 Å². The van der Waals surface area contributed by atoms with Gasteiger partial charge in [-0.05, 0) is 48.7 Å². The molecule has 8 nitrogen and oxygen atoms in total. The Morgan fingerprint density at radius 1 is 1.06 bits per heavy atom. The number of esters is 1. The molecule has 1 aliphatic heterocycles. The molecule has 0 spiro atoms. The molecule has 0 saturated carbocycles. The van der Waals surface area contributed by atoms with Crippen LogP contribution in [-0.2, 0) is 30.7 Å². The van der Waals surface area contributed by atoms with Crippen molar-refractivity contribution in [1.29, 1.82) is 0 Å². The quantitative estimate of drug-likeness (QED) is 0.607. The zero-order valence-electron chi connectivity index (χ0n) is 18.2. The number of hydrogen-bond acceptors (Lipinski definition) is 6. The molecule has 1 unspecified atom stereocenters. The molecule has 3 rings (SSSR count). The molecule has 172 valence electrons. The molecule has 1 atom stereocenters. The number of morpholine rings is 1. The molecule has 1 amide bonds. The van der Waals surface area contributed by atoms with E-state index in [4.69, 9.17) is 9.47 Å². The third-order valence-corrected chi connectivity index (χ3v) is 7.21.